The fraction of sp³-hybridized carbons (Fsp3) is 0.241. The lowest BCUT2D eigenvalue weighted by Gasteiger charge is -2.18. The van der Waals surface area contributed by atoms with Crippen LogP contribution in [0.1, 0.15) is 56.7 Å². The second kappa shape index (κ2) is 11.8. The Kier molecular flexibility index (Phi) is 8.44. The van der Waals surface area contributed by atoms with Crippen molar-refractivity contribution in [2.45, 2.75) is 27.7 Å². The molecule has 38 heavy (non-hydrogen) atoms. The quantitative estimate of drug-likeness (QED) is 0.243. The summed E-state index contributed by atoms with van der Waals surface area (Å²) in [4.78, 5) is 46.6. The van der Waals surface area contributed by atoms with Crippen LogP contribution < -0.4 is 5.32 Å². The van der Waals surface area contributed by atoms with Crippen molar-refractivity contribution in [3.8, 4) is 11.3 Å². The Bertz CT molecular complexity index is 1530. The number of para-hydroxylation sites is 1. The third-order valence-corrected chi connectivity index (χ3v) is 7.73. The summed E-state index contributed by atoms with van der Waals surface area (Å²) in [5.74, 6) is -1.23. The summed E-state index contributed by atoms with van der Waals surface area (Å²) in [5, 5.41) is 4.31. The van der Waals surface area contributed by atoms with Crippen molar-refractivity contribution >= 4 is 56.6 Å². The van der Waals surface area contributed by atoms with Crippen molar-refractivity contribution in [3.05, 3.63) is 81.2 Å². The minimum Gasteiger partial charge on any atom is -0.462 e. The van der Waals surface area contributed by atoms with Gasteiger partial charge in [-0.1, -0.05) is 48.0 Å². The van der Waals surface area contributed by atoms with Crippen molar-refractivity contribution < 1.29 is 19.1 Å². The number of anilines is 1. The van der Waals surface area contributed by atoms with E-state index in [0.29, 0.717) is 56.3 Å². The molecule has 0 fully saturated rings. The normalized spacial score (nSPS) is 10.9. The Morgan fingerprint density at radius 1 is 1.03 bits per heavy atom. The summed E-state index contributed by atoms with van der Waals surface area (Å²) in [5.41, 5.74) is 2.90. The molecule has 0 aliphatic carbocycles. The molecule has 0 unspecified atom stereocenters. The molecule has 4 aromatic rings. The molecule has 4 rings (SSSR count). The van der Waals surface area contributed by atoms with E-state index < -0.39 is 11.9 Å². The van der Waals surface area contributed by atoms with Gasteiger partial charge in [0.2, 0.25) is 0 Å². The Morgan fingerprint density at radius 3 is 2.39 bits per heavy atom. The molecular formula is C29H28ClN3O4S. The van der Waals surface area contributed by atoms with E-state index in [1.54, 1.807) is 30.9 Å². The number of esters is 1. The fourth-order valence-electron chi connectivity index (χ4n) is 4.25. The van der Waals surface area contributed by atoms with Crippen molar-refractivity contribution in [2.24, 2.45) is 0 Å². The zero-order valence-corrected chi connectivity index (χ0v) is 23.2. The average molecular weight is 550 g/mol. The molecule has 1 N–H and O–H groups in total. The number of hydrogen-bond acceptors (Lipinski definition) is 6. The Balaban J connectivity index is 1.82. The van der Waals surface area contributed by atoms with Gasteiger partial charge in [0.05, 0.1) is 33.8 Å². The number of nitrogens with zero attached hydrogens (tertiary/aromatic N) is 2. The monoisotopic (exact) mass is 549 g/mol. The minimum atomic E-state index is -0.591. The molecule has 0 radical (unpaired) electrons. The fourth-order valence-corrected chi connectivity index (χ4v) is 5.64. The van der Waals surface area contributed by atoms with Gasteiger partial charge >= 0.3 is 5.97 Å². The maximum atomic E-state index is 13.8. The van der Waals surface area contributed by atoms with E-state index >= 15 is 0 Å². The lowest BCUT2D eigenvalue weighted by molar-refractivity contribution is 0.0527. The molecule has 0 spiro atoms. The third kappa shape index (κ3) is 5.28. The van der Waals surface area contributed by atoms with Crippen LogP contribution in [0.25, 0.3) is 22.2 Å². The first kappa shape index (κ1) is 27.3. The first-order chi connectivity index (χ1) is 18.3. The highest BCUT2D eigenvalue weighted by atomic mass is 35.5. The molecule has 9 heteroatoms. The molecule has 2 aromatic heterocycles. The van der Waals surface area contributed by atoms with Gasteiger partial charge in [-0.25, -0.2) is 9.78 Å². The highest BCUT2D eigenvalue weighted by Gasteiger charge is 2.29. The van der Waals surface area contributed by atoms with Gasteiger partial charge in [-0.3, -0.25) is 9.59 Å². The number of rotatable bonds is 8. The molecule has 2 amide bonds. The largest absolute Gasteiger partial charge is 0.462 e. The molecule has 196 valence electrons. The van der Waals surface area contributed by atoms with E-state index in [0.717, 1.165) is 11.3 Å². The first-order valence-electron chi connectivity index (χ1n) is 12.4. The number of hydrogen-bond donors (Lipinski definition) is 1. The van der Waals surface area contributed by atoms with Crippen LogP contribution in [0.3, 0.4) is 0 Å². The highest BCUT2D eigenvalue weighted by Crippen LogP contribution is 2.36. The van der Waals surface area contributed by atoms with Gasteiger partial charge in [0.15, 0.2) is 0 Å². The van der Waals surface area contributed by atoms with Gasteiger partial charge < -0.3 is 15.0 Å². The summed E-state index contributed by atoms with van der Waals surface area (Å²) in [6, 6.07) is 16.3. The van der Waals surface area contributed by atoms with Crippen LogP contribution in [-0.2, 0) is 4.74 Å². The number of carbonyl (C=O) groups excluding carboxylic acids is 3. The van der Waals surface area contributed by atoms with Gasteiger partial charge in [-0.15, -0.1) is 11.3 Å². The first-order valence-corrected chi connectivity index (χ1v) is 13.6. The number of halogens is 1. The van der Waals surface area contributed by atoms with Crippen LogP contribution >= 0.6 is 22.9 Å². The van der Waals surface area contributed by atoms with Crippen molar-refractivity contribution in [3.63, 3.8) is 0 Å². The Labute approximate surface area is 230 Å². The zero-order chi connectivity index (χ0) is 27.4. The Hall–Kier alpha value is -3.75. The van der Waals surface area contributed by atoms with E-state index in [4.69, 9.17) is 21.3 Å². The number of pyridine rings is 1. The van der Waals surface area contributed by atoms with E-state index in [1.807, 2.05) is 56.3 Å². The standard InChI is InChI=1S/C29H28ClN3O4S/c1-5-33(6-2)28(35)25-17(4)24(29(36)37-7-3)27(38-25)32-26(34)20-16-23(19-13-8-10-14-21(19)30)31-22-15-11-9-12-18(20)22/h8-16H,5-7H2,1-4H3,(H,32,34). The van der Waals surface area contributed by atoms with Crippen LogP contribution in [0.4, 0.5) is 5.00 Å². The van der Waals surface area contributed by atoms with E-state index in [1.165, 1.54) is 0 Å². The average Bonchev–Trinajstić information content (AvgIpc) is 3.24. The molecule has 7 nitrogen and oxygen atoms in total. The summed E-state index contributed by atoms with van der Waals surface area (Å²) < 4.78 is 5.27. The van der Waals surface area contributed by atoms with Gasteiger partial charge in [0.1, 0.15) is 5.00 Å². The second-order valence-corrected chi connectivity index (χ2v) is 9.89. The number of thiophene rings is 1. The summed E-state index contributed by atoms with van der Waals surface area (Å²) in [7, 11) is 0. The molecule has 0 saturated heterocycles. The molecule has 0 aliphatic heterocycles. The zero-order valence-electron chi connectivity index (χ0n) is 21.6. The van der Waals surface area contributed by atoms with Crippen molar-refractivity contribution in [1.82, 2.24) is 9.88 Å². The highest BCUT2D eigenvalue weighted by molar-refractivity contribution is 7.18. The van der Waals surface area contributed by atoms with Crippen LogP contribution in [0.5, 0.6) is 0 Å². The SMILES string of the molecule is CCOC(=O)c1c(NC(=O)c2cc(-c3ccccc3Cl)nc3ccccc23)sc(C(=O)N(CC)CC)c1C. The van der Waals surface area contributed by atoms with Crippen molar-refractivity contribution in [2.75, 3.05) is 25.0 Å². The van der Waals surface area contributed by atoms with Crippen LogP contribution in [0.15, 0.2) is 54.6 Å². The molecule has 2 aromatic carbocycles. The summed E-state index contributed by atoms with van der Waals surface area (Å²) >= 11 is 7.51. The smallest absolute Gasteiger partial charge is 0.341 e. The number of amides is 2. The van der Waals surface area contributed by atoms with Crippen LogP contribution in [0.2, 0.25) is 5.02 Å². The minimum absolute atomic E-state index is 0.164. The number of aromatic nitrogens is 1. The third-order valence-electron chi connectivity index (χ3n) is 6.21. The maximum Gasteiger partial charge on any atom is 0.341 e. The molecular weight excluding hydrogens is 522 g/mol. The van der Waals surface area contributed by atoms with E-state index in [2.05, 4.69) is 5.32 Å². The number of ether oxygens (including phenoxy) is 1. The maximum absolute atomic E-state index is 13.8. The predicted octanol–water partition coefficient (Wildman–Crippen LogP) is 6.84. The van der Waals surface area contributed by atoms with Crippen LogP contribution in [0, 0.1) is 6.92 Å². The molecule has 0 atom stereocenters. The summed E-state index contributed by atoms with van der Waals surface area (Å²) in [6.07, 6.45) is 0. The lowest BCUT2D eigenvalue weighted by Crippen LogP contribution is -2.30. The number of benzene rings is 2. The van der Waals surface area contributed by atoms with Gasteiger partial charge in [-0.2, -0.15) is 0 Å². The van der Waals surface area contributed by atoms with Crippen LogP contribution in [-0.4, -0.2) is 47.4 Å². The number of nitrogens with one attached hydrogen (secondary N) is 1. The lowest BCUT2D eigenvalue weighted by atomic mass is 10.0. The molecule has 0 bridgehead atoms. The molecule has 2 heterocycles. The number of carbonyl (C=O) groups is 3. The van der Waals surface area contributed by atoms with Gasteiger partial charge in [-0.05, 0) is 51.5 Å². The van der Waals surface area contributed by atoms with E-state index in [9.17, 15) is 14.4 Å². The summed E-state index contributed by atoms with van der Waals surface area (Å²) in [6.45, 7) is 8.41. The molecule has 0 saturated carbocycles. The Morgan fingerprint density at radius 2 is 1.71 bits per heavy atom. The second-order valence-electron chi connectivity index (χ2n) is 8.46. The van der Waals surface area contributed by atoms with Gasteiger partial charge in [0.25, 0.3) is 11.8 Å². The molecule has 0 aliphatic rings. The van der Waals surface area contributed by atoms with E-state index in [-0.39, 0.29) is 23.1 Å². The van der Waals surface area contributed by atoms with Gasteiger partial charge in [0, 0.05) is 29.1 Å². The number of fused-ring (bicyclic) bond motifs is 1. The van der Waals surface area contributed by atoms with Crippen molar-refractivity contribution in [1.29, 1.82) is 0 Å². The topological polar surface area (TPSA) is 88.6 Å². The predicted molar refractivity (Wildman–Crippen MR) is 152 cm³/mol.